The molecule has 0 unspecified atom stereocenters. The van der Waals surface area contributed by atoms with Crippen LogP contribution in [0, 0.1) is 5.92 Å². The number of benzene rings is 3. The second-order valence-corrected chi connectivity index (χ2v) is 11.1. The molecule has 0 amide bonds. The van der Waals surface area contributed by atoms with Gasteiger partial charge in [0.25, 0.3) is 0 Å². The standard InChI is InChI=1S/C37H39NO8/c1-6-44-36(40)31-22(3)38-28-20-27(24-14-11-15-26(18-24)42-4)33(37(41)45-7-2)35(39)34(28)32(31)25-16-17-29(30(19-25)43-5)46-21-23-12-9-8-10-13-23/h8-19,27,32-33,38H,6-7,20-21H2,1-5H3/t27-,32+,33-/m0/s1. The highest BCUT2D eigenvalue weighted by atomic mass is 16.5. The molecular formula is C37H39NO8. The number of allylic oxidation sites excluding steroid dienone is 3. The van der Waals surface area contributed by atoms with Gasteiger partial charge >= 0.3 is 11.9 Å². The zero-order valence-corrected chi connectivity index (χ0v) is 26.8. The maximum absolute atomic E-state index is 14.7. The van der Waals surface area contributed by atoms with Gasteiger partial charge in [-0.15, -0.1) is 0 Å². The number of carbonyl (C=O) groups is 3. The molecule has 240 valence electrons. The Morgan fingerprint density at radius 2 is 1.61 bits per heavy atom. The molecule has 2 aliphatic rings. The van der Waals surface area contributed by atoms with E-state index in [9.17, 15) is 14.4 Å². The number of hydrogen-bond acceptors (Lipinski definition) is 9. The van der Waals surface area contributed by atoms with Crippen molar-refractivity contribution in [3.05, 3.63) is 112 Å². The fourth-order valence-corrected chi connectivity index (χ4v) is 6.25. The maximum atomic E-state index is 14.7. The minimum atomic E-state index is -1.13. The van der Waals surface area contributed by atoms with Gasteiger partial charge in [-0.25, -0.2) is 4.79 Å². The first kappa shape index (κ1) is 32.3. The van der Waals surface area contributed by atoms with Crippen molar-refractivity contribution in [2.75, 3.05) is 27.4 Å². The van der Waals surface area contributed by atoms with E-state index >= 15 is 0 Å². The second-order valence-electron chi connectivity index (χ2n) is 11.1. The fraction of sp³-hybridized carbons (Fsp3) is 0.324. The Labute approximate surface area is 269 Å². The van der Waals surface area contributed by atoms with Crippen LogP contribution in [0.4, 0.5) is 0 Å². The zero-order valence-electron chi connectivity index (χ0n) is 26.8. The number of dihydropyridines is 1. The molecule has 9 nitrogen and oxygen atoms in total. The number of ether oxygens (including phenoxy) is 5. The van der Waals surface area contributed by atoms with Crippen LogP contribution in [0.1, 0.15) is 55.7 Å². The molecule has 0 bridgehead atoms. The van der Waals surface area contributed by atoms with Crippen molar-refractivity contribution in [2.45, 2.75) is 45.6 Å². The number of hydrogen-bond donors (Lipinski definition) is 1. The van der Waals surface area contributed by atoms with Crippen LogP contribution in [0.2, 0.25) is 0 Å². The summed E-state index contributed by atoms with van der Waals surface area (Å²) in [6.07, 6.45) is 0.330. The lowest BCUT2D eigenvalue weighted by atomic mass is 9.67. The van der Waals surface area contributed by atoms with Gasteiger partial charge in [0.2, 0.25) is 0 Å². The first-order chi connectivity index (χ1) is 22.3. The summed E-state index contributed by atoms with van der Waals surface area (Å²) in [5.74, 6) is -2.50. The van der Waals surface area contributed by atoms with E-state index in [1.165, 1.54) is 7.11 Å². The normalized spacial score (nSPS) is 19.2. The number of methoxy groups -OCH3 is 2. The van der Waals surface area contributed by atoms with Crippen molar-refractivity contribution in [2.24, 2.45) is 5.92 Å². The molecule has 5 rings (SSSR count). The number of ketones is 1. The number of esters is 2. The highest BCUT2D eigenvalue weighted by molar-refractivity contribution is 6.13. The Kier molecular flexibility index (Phi) is 10.1. The molecule has 0 radical (unpaired) electrons. The van der Waals surface area contributed by atoms with Crippen LogP contribution >= 0.6 is 0 Å². The smallest absolute Gasteiger partial charge is 0.336 e. The monoisotopic (exact) mass is 625 g/mol. The van der Waals surface area contributed by atoms with Gasteiger partial charge in [0, 0.05) is 28.8 Å². The lowest BCUT2D eigenvalue weighted by Crippen LogP contribution is -2.43. The van der Waals surface area contributed by atoms with Gasteiger partial charge in [-0.05, 0) is 68.1 Å². The predicted octanol–water partition coefficient (Wildman–Crippen LogP) is 6.00. The quantitative estimate of drug-likeness (QED) is 0.203. The summed E-state index contributed by atoms with van der Waals surface area (Å²) in [5, 5.41) is 3.33. The van der Waals surface area contributed by atoms with E-state index in [1.807, 2.05) is 60.7 Å². The molecule has 0 saturated carbocycles. The van der Waals surface area contributed by atoms with Crippen molar-refractivity contribution in [3.8, 4) is 17.2 Å². The molecule has 0 saturated heterocycles. The SMILES string of the molecule is CCOC(=O)C1=C(C)NC2=C(C(=O)[C@@H](C(=O)OCC)[C@H](c3cccc(OC)c3)C2)[C@@H]1c1ccc(OCc2ccccc2)c(OC)c1. The molecular weight excluding hydrogens is 586 g/mol. The average Bonchev–Trinajstić information content (AvgIpc) is 3.07. The first-order valence-electron chi connectivity index (χ1n) is 15.4. The van der Waals surface area contributed by atoms with Gasteiger partial charge in [-0.1, -0.05) is 48.5 Å². The highest BCUT2D eigenvalue weighted by Crippen LogP contribution is 2.49. The molecule has 1 N–H and O–H groups in total. The minimum Gasteiger partial charge on any atom is -0.497 e. The van der Waals surface area contributed by atoms with Crippen molar-refractivity contribution in [1.29, 1.82) is 0 Å². The predicted molar refractivity (Wildman–Crippen MR) is 171 cm³/mol. The van der Waals surface area contributed by atoms with Gasteiger partial charge < -0.3 is 29.0 Å². The molecule has 46 heavy (non-hydrogen) atoms. The van der Waals surface area contributed by atoms with E-state index < -0.39 is 35.5 Å². The molecule has 1 aliphatic heterocycles. The van der Waals surface area contributed by atoms with E-state index in [1.54, 1.807) is 40.0 Å². The number of Topliss-reactive ketones (excluding diaryl/α,β-unsaturated/α-hetero) is 1. The summed E-state index contributed by atoms with van der Waals surface area (Å²) in [5.41, 5.74) is 4.20. The van der Waals surface area contributed by atoms with Crippen LogP contribution in [-0.4, -0.2) is 45.2 Å². The van der Waals surface area contributed by atoms with E-state index in [2.05, 4.69) is 5.32 Å². The molecule has 0 aromatic heterocycles. The van der Waals surface area contributed by atoms with E-state index in [0.717, 1.165) is 11.1 Å². The lowest BCUT2D eigenvalue weighted by molar-refractivity contribution is -0.152. The van der Waals surface area contributed by atoms with Gasteiger partial charge in [-0.3, -0.25) is 9.59 Å². The Morgan fingerprint density at radius 1 is 0.848 bits per heavy atom. The second kappa shape index (κ2) is 14.4. The van der Waals surface area contributed by atoms with Crippen molar-refractivity contribution < 1.29 is 38.1 Å². The molecule has 3 aromatic carbocycles. The number of nitrogens with one attached hydrogen (secondary N) is 1. The van der Waals surface area contributed by atoms with Crippen molar-refractivity contribution in [3.63, 3.8) is 0 Å². The summed E-state index contributed by atoms with van der Waals surface area (Å²) in [6.45, 7) is 5.83. The van der Waals surface area contributed by atoms with Gasteiger partial charge in [0.05, 0.1) is 33.0 Å². The van der Waals surface area contributed by atoms with Crippen LogP contribution in [-0.2, 0) is 30.5 Å². The summed E-state index contributed by atoms with van der Waals surface area (Å²) in [7, 11) is 3.11. The molecule has 1 aliphatic carbocycles. The van der Waals surface area contributed by atoms with Crippen molar-refractivity contribution in [1.82, 2.24) is 5.32 Å². The molecule has 3 atom stereocenters. The molecule has 3 aromatic rings. The van der Waals surface area contributed by atoms with Gasteiger partial charge in [0.15, 0.2) is 17.3 Å². The highest BCUT2D eigenvalue weighted by Gasteiger charge is 2.49. The third-order valence-electron chi connectivity index (χ3n) is 8.34. The first-order valence-corrected chi connectivity index (χ1v) is 15.4. The summed E-state index contributed by atoms with van der Waals surface area (Å²) in [6, 6.07) is 22.5. The van der Waals surface area contributed by atoms with Crippen molar-refractivity contribution >= 4 is 17.7 Å². The van der Waals surface area contributed by atoms with Crippen LogP contribution in [0.15, 0.2) is 95.3 Å². The van der Waals surface area contributed by atoms with Crippen LogP contribution < -0.4 is 19.5 Å². The Morgan fingerprint density at radius 3 is 2.30 bits per heavy atom. The molecule has 0 spiro atoms. The fourth-order valence-electron chi connectivity index (χ4n) is 6.25. The zero-order chi connectivity index (χ0) is 32.8. The van der Waals surface area contributed by atoms with E-state index in [0.29, 0.717) is 52.8 Å². The molecule has 1 heterocycles. The largest absolute Gasteiger partial charge is 0.497 e. The van der Waals surface area contributed by atoms with Crippen LogP contribution in [0.25, 0.3) is 0 Å². The van der Waals surface area contributed by atoms with Crippen LogP contribution in [0.3, 0.4) is 0 Å². The summed E-state index contributed by atoms with van der Waals surface area (Å²) >= 11 is 0. The Balaban J connectivity index is 1.62. The third-order valence-corrected chi connectivity index (χ3v) is 8.34. The molecule has 9 heteroatoms. The third kappa shape index (κ3) is 6.49. The summed E-state index contributed by atoms with van der Waals surface area (Å²) < 4.78 is 28.2. The topological polar surface area (TPSA) is 109 Å². The van der Waals surface area contributed by atoms with Crippen LogP contribution in [0.5, 0.6) is 17.2 Å². The molecule has 0 fully saturated rings. The number of carbonyl (C=O) groups excluding carboxylic acids is 3. The van der Waals surface area contributed by atoms with Gasteiger partial charge in [0.1, 0.15) is 18.3 Å². The lowest BCUT2D eigenvalue weighted by Gasteiger charge is -2.39. The maximum Gasteiger partial charge on any atom is 0.336 e. The Hall–Kier alpha value is -5.05. The minimum absolute atomic E-state index is 0.121. The summed E-state index contributed by atoms with van der Waals surface area (Å²) in [4.78, 5) is 41.7. The number of rotatable bonds is 11. The van der Waals surface area contributed by atoms with E-state index in [-0.39, 0.29) is 18.8 Å². The van der Waals surface area contributed by atoms with E-state index in [4.69, 9.17) is 23.7 Å². The Bertz CT molecular complexity index is 1680. The average molecular weight is 626 g/mol. The van der Waals surface area contributed by atoms with Gasteiger partial charge in [-0.2, -0.15) is 0 Å².